The Kier molecular flexibility index (Phi) is 6.54. The first kappa shape index (κ1) is 14.5. The maximum Gasteiger partial charge on any atom is 0.0965 e. The van der Waals surface area contributed by atoms with E-state index in [2.05, 4.69) is 37.1 Å². The molecule has 3 atom stereocenters. The van der Waals surface area contributed by atoms with Gasteiger partial charge in [0.2, 0.25) is 0 Å². The molecule has 0 radical (unpaired) electrons. The second-order valence-corrected chi connectivity index (χ2v) is 5.15. The summed E-state index contributed by atoms with van der Waals surface area (Å²) in [7, 11) is 0. The van der Waals surface area contributed by atoms with Crippen molar-refractivity contribution < 1.29 is 0 Å². The average Bonchev–Trinajstić information content (AvgIpc) is 2.70. The number of rotatable bonds is 7. The second kappa shape index (κ2) is 7.68. The van der Waals surface area contributed by atoms with E-state index < -0.39 is 0 Å². The third-order valence-corrected chi connectivity index (χ3v) is 3.90. The fourth-order valence-electron chi connectivity index (χ4n) is 2.78. The molecule has 17 heavy (non-hydrogen) atoms. The molecule has 3 unspecified atom stereocenters. The van der Waals surface area contributed by atoms with E-state index in [4.69, 9.17) is 5.26 Å². The number of nitriles is 1. The molecule has 1 aliphatic rings. The minimum atomic E-state index is 0.0280. The molecule has 98 valence electrons. The average molecular weight is 237 g/mol. The van der Waals surface area contributed by atoms with Gasteiger partial charge in [0, 0.05) is 18.6 Å². The Morgan fingerprint density at radius 2 is 2.18 bits per heavy atom. The van der Waals surface area contributed by atoms with Crippen LogP contribution in [0.25, 0.3) is 0 Å². The molecule has 0 bridgehead atoms. The van der Waals surface area contributed by atoms with Gasteiger partial charge in [-0.25, -0.2) is 0 Å². The minimum absolute atomic E-state index is 0.0280. The largest absolute Gasteiger partial charge is 0.302 e. The standard InChI is InChI=1S/C14H27N3/c1-4-9-16-13(11-15)8-10-17-12(3)6-7-14(17)5-2/h12-14,16H,4-10H2,1-3H3. The molecule has 3 heteroatoms. The van der Waals surface area contributed by atoms with Gasteiger partial charge in [0.25, 0.3) is 0 Å². The lowest BCUT2D eigenvalue weighted by molar-refractivity contribution is 0.192. The third-order valence-electron chi connectivity index (χ3n) is 3.90. The Morgan fingerprint density at radius 3 is 2.76 bits per heavy atom. The minimum Gasteiger partial charge on any atom is -0.302 e. The molecule has 0 amide bonds. The van der Waals surface area contributed by atoms with Gasteiger partial charge in [-0.15, -0.1) is 0 Å². The van der Waals surface area contributed by atoms with Gasteiger partial charge in [0.1, 0.15) is 0 Å². The van der Waals surface area contributed by atoms with E-state index >= 15 is 0 Å². The third kappa shape index (κ3) is 4.29. The molecule has 0 aromatic heterocycles. The Balaban J connectivity index is 2.34. The van der Waals surface area contributed by atoms with Gasteiger partial charge in [-0.1, -0.05) is 13.8 Å². The van der Waals surface area contributed by atoms with Gasteiger partial charge in [-0.05, 0) is 45.6 Å². The monoisotopic (exact) mass is 237 g/mol. The van der Waals surface area contributed by atoms with Gasteiger partial charge < -0.3 is 5.32 Å². The van der Waals surface area contributed by atoms with Crippen molar-refractivity contribution in [2.45, 2.75) is 71.0 Å². The van der Waals surface area contributed by atoms with E-state index in [1.54, 1.807) is 0 Å². The highest BCUT2D eigenvalue weighted by Gasteiger charge is 2.29. The van der Waals surface area contributed by atoms with E-state index in [1.165, 1.54) is 19.3 Å². The van der Waals surface area contributed by atoms with Crippen molar-refractivity contribution in [3.8, 4) is 6.07 Å². The smallest absolute Gasteiger partial charge is 0.0965 e. The van der Waals surface area contributed by atoms with Crippen molar-refractivity contribution in [1.82, 2.24) is 10.2 Å². The van der Waals surface area contributed by atoms with E-state index in [-0.39, 0.29) is 6.04 Å². The van der Waals surface area contributed by atoms with Crippen molar-refractivity contribution in [2.24, 2.45) is 0 Å². The first-order valence-electron chi connectivity index (χ1n) is 7.11. The van der Waals surface area contributed by atoms with Crippen LogP contribution >= 0.6 is 0 Å². The first-order chi connectivity index (χ1) is 8.22. The Labute approximate surface area is 106 Å². The van der Waals surface area contributed by atoms with Gasteiger partial charge in [-0.2, -0.15) is 5.26 Å². The molecule has 0 aromatic rings. The zero-order valence-corrected chi connectivity index (χ0v) is 11.6. The van der Waals surface area contributed by atoms with Gasteiger partial charge >= 0.3 is 0 Å². The van der Waals surface area contributed by atoms with E-state index in [0.29, 0.717) is 6.04 Å². The van der Waals surface area contributed by atoms with Crippen LogP contribution in [0.4, 0.5) is 0 Å². The highest BCUT2D eigenvalue weighted by Crippen LogP contribution is 2.25. The van der Waals surface area contributed by atoms with Gasteiger partial charge in [0.15, 0.2) is 0 Å². The zero-order valence-electron chi connectivity index (χ0n) is 11.6. The SMILES string of the molecule is CCCNC(C#N)CCN1C(C)CCC1CC. The van der Waals surface area contributed by atoms with Crippen molar-refractivity contribution in [2.75, 3.05) is 13.1 Å². The lowest BCUT2D eigenvalue weighted by atomic mass is 10.1. The molecule has 1 N–H and O–H groups in total. The normalized spacial score (nSPS) is 26.9. The summed E-state index contributed by atoms with van der Waals surface area (Å²) in [6.07, 6.45) is 5.94. The van der Waals surface area contributed by atoms with Crippen LogP contribution in [0.3, 0.4) is 0 Å². The molecular weight excluding hydrogens is 210 g/mol. The van der Waals surface area contributed by atoms with E-state index in [1.807, 2.05) is 0 Å². The first-order valence-corrected chi connectivity index (χ1v) is 7.11. The molecular formula is C14H27N3. The lowest BCUT2D eigenvalue weighted by Gasteiger charge is -2.28. The van der Waals surface area contributed by atoms with E-state index in [0.717, 1.165) is 32.0 Å². The van der Waals surface area contributed by atoms with Crippen LogP contribution in [0.1, 0.15) is 52.9 Å². The number of hydrogen-bond acceptors (Lipinski definition) is 3. The fraction of sp³-hybridized carbons (Fsp3) is 0.929. The quantitative estimate of drug-likeness (QED) is 0.739. The highest BCUT2D eigenvalue weighted by molar-refractivity contribution is 4.92. The van der Waals surface area contributed by atoms with Crippen molar-refractivity contribution in [3.63, 3.8) is 0 Å². The summed E-state index contributed by atoms with van der Waals surface area (Å²) in [6, 6.07) is 3.84. The molecule has 1 fully saturated rings. The number of nitrogens with one attached hydrogen (secondary N) is 1. The van der Waals surface area contributed by atoms with Crippen LogP contribution in [0, 0.1) is 11.3 Å². The molecule has 1 aliphatic heterocycles. The molecule has 1 rings (SSSR count). The van der Waals surface area contributed by atoms with Crippen LogP contribution in [0.15, 0.2) is 0 Å². The zero-order chi connectivity index (χ0) is 12.7. The van der Waals surface area contributed by atoms with Crippen LogP contribution < -0.4 is 5.32 Å². The Morgan fingerprint density at radius 1 is 1.41 bits per heavy atom. The van der Waals surface area contributed by atoms with Crippen LogP contribution in [-0.2, 0) is 0 Å². The van der Waals surface area contributed by atoms with Crippen molar-refractivity contribution in [3.05, 3.63) is 0 Å². The topological polar surface area (TPSA) is 39.1 Å². The highest BCUT2D eigenvalue weighted by atomic mass is 15.2. The second-order valence-electron chi connectivity index (χ2n) is 5.15. The molecule has 1 heterocycles. The summed E-state index contributed by atoms with van der Waals surface area (Å²) >= 11 is 0. The summed E-state index contributed by atoms with van der Waals surface area (Å²) < 4.78 is 0. The number of nitrogens with zero attached hydrogens (tertiary/aromatic N) is 2. The number of likely N-dealkylation sites (tertiary alicyclic amines) is 1. The molecule has 0 spiro atoms. The van der Waals surface area contributed by atoms with Crippen molar-refractivity contribution >= 4 is 0 Å². The maximum absolute atomic E-state index is 9.08. The molecule has 1 saturated heterocycles. The van der Waals surface area contributed by atoms with Crippen LogP contribution in [0.5, 0.6) is 0 Å². The number of hydrogen-bond donors (Lipinski definition) is 1. The lowest BCUT2D eigenvalue weighted by Crippen LogP contribution is -2.39. The molecule has 0 aromatic carbocycles. The Bertz CT molecular complexity index is 246. The predicted molar refractivity (Wildman–Crippen MR) is 71.8 cm³/mol. The van der Waals surface area contributed by atoms with Crippen LogP contribution in [-0.4, -0.2) is 36.1 Å². The van der Waals surface area contributed by atoms with E-state index in [9.17, 15) is 0 Å². The van der Waals surface area contributed by atoms with Crippen molar-refractivity contribution in [1.29, 1.82) is 5.26 Å². The summed E-state index contributed by atoms with van der Waals surface area (Å²) in [5.41, 5.74) is 0. The predicted octanol–water partition coefficient (Wildman–Crippen LogP) is 2.53. The summed E-state index contributed by atoms with van der Waals surface area (Å²) in [5.74, 6) is 0. The van der Waals surface area contributed by atoms with Crippen LogP contribution in [0.2, 0.25) is 0 Å². The maximum atomic E-state index is 9.08. The summed E-state index contributed by atoms with van der Waals surface area (Å²) in [6.45, 7) is 8.74. The molecule has 0 saturated carbocycles. The van der Waals surface area contributed by atoms with Gasteiger partial charge in [-0.3, -0.25) is 4.90 Å². The van der Waals surface area contributed by atoms with Gasteiger partial charge in [0.05, 0.1) is 12.1 Å². The molecule has 3 nitrogen and oxygen atoms in total. The summed E-state index contributed by atoms with van der Waals surface area (Å²) in [5, 5.41) is 12.4. The fourth-order valence-corrected chi connectivity index (χ4v) is 2.78. The Hall–Kier alpha value is -0.590. The molecule has 0 aliphatic carbocycles. The summed E-state index contributed by atoms with van der Waals surface area (Å²) in [4.78, 5) is 2.60.